The maximum atomic E-state index is 11.6. The number of sulfonamides is 1. The fourth-order valence-corrected chi connectivity index (χ4v) is 3.84. The van der Waals surface area contributed by atoms with E-state index in [4.69, 9.17) is 9.88 Å². The number of anilines is 1. The summed E-state index contributed by atoms with van der Waals surface area (Å²) in [7, 11) is -2.25. The van der Waals surface area contributed by atoms with Crippen LogP contribution in [-0.4, -0.2) is 53.2 Å². The zero-order valence-electron chi connectivity index (χ0n) is 18.7. The number of ether oxygens (including phenoxy) is 1. The van der Waals surface area contributed by atoms with Gasteiger partial charge < -0.3 is 15.2 Å². The maximum Gasteiger partial charge on any atom is 0.226 e. The number of pyridine rings is 1. The SMILES string of the molecule is COc1cc(C)c([C@H](C)Cc2nc(CS(N)(=O)=O)nc(N[C@@H](CO)CC(C)C)n2)cn1. The number of rotatable bonds is 11. The van der Waals surface area contributed by atoms with Gasteiger partial charge in [0, 0.05) is 18.7 Å². The lowest BCUT2D eigenvalue weighted by molar-refractivity contribution is 0.259. The molecule has 0 saturated carbocycles. The van der Waals surface area contributed by atoms with Gasteiger partial charge in [0.05, 0.1) is 19.8 Å². The van der Waals surface area contributed by atoms with Crippen molar-refractivity contribution in [3.63, 3.8) is 0 Å². The zero-order chi connectivity index (χ0) is 23.2. The second-order valence-corrected chi connectivity index (χ2v) is 9.75. The van der Waals surface area contributed by atoms with Gasteiger partial charge in [-0.15, -0.1) is 0 Å². The summed E-state index contributed by atoms with van der Waals surface area (Å²) in [4.78, 5) is 17.2. The smallest absolute Gasteiger partial charge is 0.226 e. The Balaban J connectivity index is 2.33. The minimum Gasteiger partial charge on any atom is -0.481 e. The fraction of sp³-hybridized carbons (Fsp3) is 0.600. The second-order valence-electron chi connectivity index (χ2n) is 8.14. The van der Waals surface area contributed by atoms with Crippen LogP contribution in [0.3, 0.4) is 0 Å². The number of aliphatic hydroxyl groups is 1. The van der Waals surface area contributed by atoms with E-state index in [9.17, 15) is 13.5 Å². The van der Waals surface area contributed by atoms with E-state index in [0.717, 1.165) is 11.1 Å². The highest BCUT2D eigenvalue weighted by Crippen LogP contribution is 2.24. The highest BCUT2D eigenvalue weighted by molar-refractivity contribution is 7.88. The summed E-state index contributed by atoms with van der Waals surface area (Å²) >= 11 is 0. The van der Waals surface area contributed by atoms with Crippen LogP contribution in [0.15, 0.2) is 12.3 Å². The third-order valence-corrected chi connectivity index (χ3v) is 5.38. The molecule has 0 saturated heterocycles. The molecule has 0 aromatic carbocycles. The van der Waals surface area contributed by atoms with Crippen molar-refractivity contribution >= 4 is 16.0 Å². The molecule has 0 bridgehead atoms. The van der Waals surface area contributed by atoms with Crippen molar-refractivity contribution in [2.24, 2.45) is 11.1 Å². The molecule has 0 spiro atoms. The third-order valence-electron chi connectivity index (χ3n) is 4.72. The molecule has 0 aliphatic carbocycles. The third kappa shape index (κ3) is 8.00. The van der Waals surface area contributed by atoms with E-state index in [1.165, 1.54) is 0 Å². The van der Waals surface area contributed by atoms with E-state index in [-0.39, 0.29) is 30.3 Å². The van der Waals surface area contributed by atoms with Crippen LogP contribution in [0.25, 0.3) is 0 Å². The number of hydrogen-bond donors (Lipinski definition) is 3. The standard InChI is InChI=1S/C20H32N6O4S/c1-12(2)6-15(10-27)23-20-25-17(24-18(26-20)11-31(21,28)29)7-13(3)16-9-22-19(30-5)8-14(16)4/h8-9,12-13,15,27H,6-7,10-11H2,1-5H3,(H2,21,28,29)(H,23,24,25,26)/t13-,15-/m1/s1. The first-order valence-electron chi connectivity index (χ1n) is 10.1. The number of primary sulfonamides is 1. The Kier molecular flexibility index (Phi) is 8.66. The molecule has 2 aromatic rings. The van der Waals surface area contributed by atoms with Crippen molar-refractivity contribution in [3.05, 3.63) is 35.0 Å². The minimum atomic E-state index is -3.81. The minimum absolute atomic E-state index is 0.0142. The molecule has 0 amide bonds. The van der Waals surface area contributed by atoms with Gasteiger partial charge in [-0.25, -0.2) is 23.5 Å². The van der Waals surface area contributed by atoms with Crippen LogP contribution in [0.5, 0.6) is 5.88 Å². The fourth-order valence-electron chi connectivity index (χ4n) is 3.35. The Labute approximate surface area is 183 Å². The van der Waals surface area contributed by atoms with Crippen LogP contribution < -0.4 is 15.2 Å². The number of hydrogen-bond acceptors (Lipinski definition) is 9. The summed E-state index contributed by atoms with van der Waals surface area (Å²) in [6, 6.07) is 1.60. The van der Waals surface area contributed by atoms with Crippen molar-refractivity contribution in [2.45, 2.75) is 58.2 Å². The number of aromatic nitrogens is 4. The molecule has 2 rings (SSSR count). The summed E-state index contributed by atoms with van der Waals surface area (Å²) in [5.74, 6) is 1.12. The van der Waals surface area contributed by atoms with Gasteiger partial charge in [-0.1, -0.05) is 20.8 Å². The largest absolute Gasteiger partial charge is 0.481 e. The Morgan fingerprint density at radius 1 is 1.19 bits per heavy atom. The van der Waals surface area contributed by atoms with E-state index >= 15 is 0 Å². The first-order chi connectivity index (χ1) is 14.5. The molecule has 0 unspecified atom stereocenters. The molecule has 11 heteroatoms. The second kappa shape index (κ2) is 10.8. The van der Waals surface area contributed by atoms with Gasteiger partial charge in [0.25, 0.3) is 0 Å². The number of nitrogens with two attached hydrogens (primary N) is 1. The summed E-state index contributed by atoms with van der Waals surface area (Å²) in [5.41, 5.74) is 2.03. The average molecular weight is 453 g/mol. The predicted octanol–water partition coefficient (Wildman–Crippen LogP) is 1.54. The van der Waals surface area contributed by atoms with Gasteiger partial charge in [-0.05, 0) is 36.3 Å². The Morgan fingerprint density at radius 3 is 2.42 bits per heavy atom. The number of nitrogens with zero attached hydrogens (tertiary/aromatic N) is 4. The van der Waals surface area contributed by atoms with Crippen LogP contribution >= 0.6 is 0 Å². The highest BCUT2D eigenvalue weighted by atomic mass is 32.2. The van der Waals surface area contributed by atoms with E-state index in [1.807, 2.05) is 33.8 Å². The summed E-state index contributed by atoms with van der Waals surface area (Å²) in [6.45, 7) is 7.98. The molecule has 31 heavy (non-hydrogen) atoms. The van der Waals surface area contributed by atoms with Crippen molar-refractivity contribution in [1.82, 2.24) is 19.9 Å². The molecule has 10 nitrogen and oxygen atoms in total. The van der Waals surface area contributed by atoms with Crippen LogP contribution in [0.1, 0.15) is 55.9 Å². The van der Waals surface area contributed by atoms with E-state index in [0.29, 0.717) is 30.5 Å². The highest BCUT2D eigenvalue weighted by Gasteiger charge is 2.18. The summed E-state index contributed by atoms with van der Waals surface area (Å²) in [5, 5.41) is 17.9. The van der Waals surface area contributed by atoms with E-state index in [1.54, 1.807) is 13.3 Å². The van der Waals surface area contributed by atoms with Crippen molar-refractivity contribution in [1.29, 1.82) is 0 Å². The Bertz CT molecular complexity index is 984. The van der Waals surface area contributed by atoms with Gasteiger partial charge in [-0.2, -0.15) is 9.97 Å². The number of nitrogens with one attached hydrogen (secondary N) is 1. The Hall–Kier alpha value is -2.37. The predicted molar refractivity (Wildman–Crippen MR) is 118 cm³/mol. The first kappa shape index (κ1) is 24.9. The van der Waals surface area contributed by atoms with Crippen molar-refractivity contribution in [2.75, 3.05) is 19.0 Å². The van der Waals surface area contributed by atoms with Crippen molar-refractivity contribution in [3.8, 4) is 5.88 Å². The lowest BCUT2D eigenvalue weighted by atomic mass is 9.95. The van der Waals surface area contributed by atoms with Crippen molar-refractivity contribution < 1.29 is 18.3 Å². The van der Waals surface area contributed by atoms with Gasteiger partial charge in [0.15, 0.2) is 5.82 Å². The molecule has 0 radical (unpaired) electrons. The van der Waals surface area contributed by atoms with E-state index in [2.05, 4.69) is 25.3 Å². The lowest BCUT2D eigenvalue weighted by Crippen LogP contribution is -2.28. The zero-order valence-corrected chi connectivity index (χ0v) is 19.5. The van der Waals surface area contributed by atoms with Crippen LogP contribution in [0.2, 0.25) is 0 Å². The van der Waals surface area contributed by atoms with Crippen LogP contribution in [0, 0.1) is 12.8 Å². The molecule has 0 aliphatic rings. The number of aliphatic hydroxyl groups excluding tert-OH is 1. The van der Waals surface area contributed by atoms with Gasteiger partial charge in [0.1, 0.15) is 11.6 Å². The quantitative estimate of drug-likeness (QED) is 0.460. The summed E-state index contributed by atoms with van der Waals surface area (Å²) < 4.78 is 28.3. The van der Waals surface area contributed by atoms with Gasteiger partial charge in [-0.3, -0.25) is 0 Å². The number of methoxy groups -OCH3 is 1. The Morgan fingerprint density at radius 2 is 1.87 bits per heavy atom. The topological polar surface area (TPSA) is 153 Å². The maximum absolute atomic E-state index is 11.6. The molecule has 0 aliphatic heterocycles. The molecule has 0 fully saturated rings. The lowest BCUT2D eigenvalue weighted by Gasteiger charge is -2.19. The van der Waals surface area contributed by atoms with Gasteiger partial charge in [0.2, 0.25) is 21.9 Å². The van der Waals surface area contributed by atoms with Crippen LogP contribution in [-0.2, 0) is 22.2 Å². The average Bonchev–Trinajstić information content (AvgIpc) is 2.65. The first-order valence-corrected chi connectivity index (χ1v) is 11.8. The molecule has 2 heterocycles. The molecule has 172 valence electrons. The van der Waals surface area contributed by atoms with Gasteiger partial charge >= 0.3 is 0 Å². The number of aryl methyl sites for hydroxylation is 1. The molecule has 2 aromatic heterocycles. The van der Waals surface area contributed by atoms with E-state index < -0.39 is 15.8 Å². The monoisotopic (exact) mass is 452 g/mol. The molecular formula is C20H32N6O4S. The molecular weight excluding hydrogens is 420 g/mol. The van der Waals surface area contributed by atoms with Crippen LogP contribution in [0.4, 0.5) is 5.95 Å². The molecule has 4 N–H and O–H groups in total. The summed E-state index contributed by atoms with van der Waals surface area (Å²) in [6.07, 6.45) is 2.90. The molecule has 2 atom stereocenters. The normalized spacial score (nSPS) is 13.8.